The molecule has 0 N–H and O–H groups in total. The number of halogens is 2. The Morgan fingerprint density at radius 3 is 2.27 bits per heavy atom. The van der Waals surface area contributed by atoms with Crippen molar-refractivity contribution in [2.75, 3.05) is 20.0 Å². The highest BCUT2D eigenvalue weighted by Crippen LogP contribution is 2.35. The van der Waals surface area contributed by atoms with Crippen LogP contribution in [0.1, 0.15) is 6.42 Å². The van der Waals surface area contributed by atoms with Gasteiger partial charge < -0.3 is 18.9 Å². The molecule has 116 valence electrons. The molecule has 4 nitrogen and oxygen atoms in total. The van der Waals surface area contributed by atoms with Crippen molar-refractivity contribution in [3.8, 4) is 23.0 Å². The highest BCUT2D eigenvalue weighted by Gasteiger charge is 2.13. The van der Waals surface area contributed by atoms with E-state index < -0.39 is 11.6 Å². The molecule has 0 spiro atoms. The second kappa shape index (κ2) is 6.51. The Bertz CT molecular complexity index is 661. The van der Waals surface area contributed by atoms with Gasteiger partial charge in [-0.1, -0.05) is 0 Å². The smallest absolute Gasteiger partial charge is 0.231 e. The van der Waals surface area contributed by atoms with Gasteiger partial charge in [0.1, 0.15) is 11.5 Å². The summed E-state index contributed by atoms with van der Waals surface area (Å²) >= 11 is 0. The molecular formula is C16H14F2O4. The Morgan fingerprint density at radius 1 is 0.818 bits per heavy atom. The molecule has 0 atom stereocenters. The molecule has 2 aromatic carbocycles. The fourth-order valence-corrected chi connectivity index (χ4v) is 1.97. The van der Waals surface area contributed by atoms with Crippen molar-refractivity contribution < 1.29 is 27.7 Å². The number of fused-ring (bicyclic) bond motifs is 1. The van der Waals surface area contributed by atoms with E-state index in [1.807, 2.05) is 0 Å². The van der Waals surface area contributed by atoms with Crippen LogP contribution in [-0.2, 0) is 0 Å². The van der Waals surface area contributed by atoms with Gasteiger partial charge in [0.05, 0.1) is 13.2 Å². The standard InChI is InChI=1S/C16H14F2O4/c17-13-4-2-11(8-14(13)18)19-6-1-7-20-12-3-5-15-16(9-12)22-10-21-15/h2-5,8-9H,1,6-7,10H2. The normalized spacial score (nSPS) is 12.3. The minimum Gasteiger partial charge on any atom is -0.493 e. The zero-order valence-corrected chi connectivity index (χ0v) is 11.7. The van der Waals surface area contributed by atoms with Crippen LogP contribution in [0.15, 0.2) is 36.4 Å². The molecule has 0 radical (unpaired) electrons. The Balaban J connectivity index is 1.41. The first-order valence-corrected chi connectivity index (χ1v) is 6.83. The summed E-state index contributed by atoms with van der Waals surface area (Å²) in [7, 11) is 0. The van der Waals surface area contributed by atoms with Gasteiger partial charge in [-0.3, -0.25) is 0 Å². The van der Waals surface area contributed by atoms with Gasteiger partial charge in [-0.2, -0.15) is 0 Å². The molecule has 0 unspecified atom stereocenters. The molecule has 6 heteroatoms. The lowest BCUT2D eigenvalue weighted by molar-refractivity contribution is 0.173. The molecule has 0 saturated heterocycles. The topological polar surface area (TPSA) is 36.9 Å². The van der Waals surface area contributed by atoms with Gasteiger partial charge in [-0.15, -0.1) is 0 Å². The van der Waals surface area contributed by atoms with Crippen LogP contribution in [0.4, 0.5) is 8.78 Å². The first-order chi connectivity index (χ1) is 10.7. The summed E-state index contributed by atoms with van der Waals surface area (Å²) in [6.45, 7) is 1.000. The average Bonchev–Trinajstić information content (AvgIpc) is 2.98. The second-order valence-electron chi connectivity index (χ2n) is 4.64. The summed E-state index contributed by atoms with van der Waals surface area (Å²) in [5.41, 5.74) is 0. The van der Waals surface area contributed by atoms with Gasteiger partial charge >= 0.3 is 0 Å². The molecule has 1 aliphatic heterocycles. The Labute approximate surface area is 126 Å². The molecule has 3 rings (SSSR count). The molecule has 1 heterocycles. The minimum absolute atomic E-state index is 0.223. The maximum atomic E-state index is 13.0. The lowest BCUT2D eigenvalue weighted by Crippen LogP contribution is -2.05. The van der Waals surface area contributed by atoms with E-state index in [1.54, 1.807) is 18.2 Å². The lowest BCUT2D eigenvalue weighted by atomic mass is 10.3. The third kappa shape index (κ3) is 3.39. The van der Waals surface area contributed by atoms with Gasteiger partial charge in [0.15, 0.2) is 23.1 Å². The van der Waals surface area contributed by atoms with Crippen molar-refractivity contribution in [3.63, 3.8) is 0 Å². The number of hydrogen-bond acceptors (Lipinski definition) is 4. The lowest BCUT2D eigenvalue weighted by Gasteiger charge is -2.08. The quantitative estimate of drug-likeness (QED) is 0.765. The van der Waals surface area contributed by atoms with Crippen LogP contribution in [0.2, 0.25) is 0 Å². The average molecular weight is 308 g/mol. The Morgan fingerprint density at radius 2 is 1.50 bits per heavy atom. The van der Waals surface area contributed by atoms with Crippen LogP contribution in [0.5, 0.6) is 23.0 Å². The third-order valence-corrected chi connectivity index (χ3v) is 3.06. The predicted molar refractivity (Wildman–Crippen MR) is 74.5 cm³/mol. The van der Waals surface area contributed by atoms with Crippen molar-refractivity contribution in [1.82, 2.24) is 0 Å². The van der Waals surface area contributed by atoms with E-state index in [0.717, 1.165) is 12.1 Å². The van der Waals surface area contributed by atoms with E-state index in [2.05, 4.69) is 0 Å². The van der Waals surface area contributed by atoms with E-state index in [0.29, 0.717) is 42.6 Å². The van der Waals surface area contributed by atoms with Crippen LogP contribution in [0.25, 0.3) is 0 Å². The van der Waals surface area contributed by atoms with Gasteiger partial charge in [0.2, 0.25) is 6.79 Å². The van der Waals surface area contributed by atoms with Gasteiger partial charge in [0, 0.05) is 18.6 Å². The van der Waals surface area contributed by atoms with Crippen molar-refractivity contribution >= 4 is 0 Å². The fraction of sp³-hybridized carbons (Fsp3) is 0.250. The summed E-state index contributed by atoms with van der Waals surface area (Å²) in [5.74, 6) is 0.524. The Hall–Kier alpha value is -2.50. The highest BCUT2D eigenvalue weighted by molar-refractivity contribution is 5.46. The van der Waals surface area contributed by atoms with Crippen LogP contribution < -0.4 is 18.9 Å². The summed E-state index contributed by atoms with van der Waals surface area (Å²) in [4.78, 5) is 0. The van der Waals surface area contributed by atoms with Crippen LogP contribution in [0, 0.1) is 11.6 Å². The predicted octanol–water partition coefficient (Wildman–Crippen LogP) is 3.54. The zero-order valence-electron chi connectivity index (χ0n) is 11.7. The summed E-state index contributed by atoms with van der Waals surface area (Å²) < 4.78 is 47.1. The summed E-state index contributed by atoms with van der Waals surface area (Å²) in [6.07, 6.45) is 0.605. The highest BCUT2D eigenvalue weighted by atomic mass is 19.2. The number of hydrogen-bond donors (Lipinski definition) is 0. The minimum atomic E-state index is -0.922. The number of ether oxygens (including phenoxy) is 4. The van der Waals surface area contributed by atoms with E-state index in [1.165, 1.54) is 6.07 Å². The Kier molecular flexibility index (Phi) is 4.27. The van der Waals surface area contributed by atoms with E-state index >= 15 is 0 Å². The monoisotopic (exact) mass is 308 g/mol. The van der Waals surface area contributed by atoms with E-state index in [4.69, 9.17) is 18.9 Å². The van der Waals surface area contributed by atoms with Crippen molar-refractivity contribution in [3.05, 3.63) is 48.0 Å². The van der Waals surface area contributed by atoms with Crippen LogP contribution in [0.3, 0.4) is 0 Å². The maximum absolute atomic E-state index is 13.0. The molecule has 2 aromatic rings. The van der Waals surface area contributed by atoms with Gasteiger partial charge in [-0.25, -0.2) is 8.78 Å². The summed E-state index contributed by atoms with van der Waals surface area (Å²) in [5, 5.41) is 0. The molecule has 0 saturated carbocycles. The van der Waals surface area contributed by atoms with E-state index in [9.17, 15) is 8.78 Å². The van der Waals surface area contributed by atoms with Gasteiger partial charge in [-0.05, 0) is 24.3 Å². The van der Waals surface area contributed by atoms with Crippen molar-refractivity contribution in [1.29, 1.82) is 0 Å². The molecule has 0 aliphatic carbocycles. The zero-order chi connectivity index (χ0) is 15.4. The third-order valence-electron chi connectivity index (χ3n) is 3.06. The second-order valence-corrected chi connectivity index (χ2v) is 4.64. The molecule has 0 amide bonds. The van der Waals surface area contributed by atoms with Crippen LogP contribution in [-0.4, -0.2) is 20.0 Å². The first-order valence-electron chi connectivity index (χ1n) is 6.83. The molecule has 1 aliphatic rings. The molecular weight excluding hydrogens is 294 g/mol. The summed E-state index contributed by atoms with van der Waals surface area (Å²) in [6, 6.07) is 8.79. The first kappa shape index (κ1) is 14.4. The fourth-order valence-electron chi connectivity index (χ4n) is 1.97. The van der Waals surface area contributed by atoms with E-state index in [-0.39, 0.29) is 6.79 Å². The van der Waals surface area contributed by atoms with Crippen LogP contribution >= 0.6 is 0 Å². The number of rotatable bonds is 6. The molecule has 0 aromatic heterocycles. The van der Waals surface area contributed by atoms with Crippen molar-refractivity contribution in [2.24, 2.45) is 0 Å². The maximum Gasteiger partial charge on any atom is 0.231 e. The number of benzene rings is 2. The molecule has 22 heavy (non-hydrogen) atoms. The van der Waals surface area contributed by atoms with Crippen molar-refractivity contribution in [2.45, 2.75) is 6.42 Å². The molecule has 0 fully saturated rings. The molecule has 0 bridgehead atoms. The largest absolute Gasteiger partial charge is 0.493 e. The SMILES string of the molecule is Fc1ccc(OCCCOc2ccc3c(c2)OCO3)cc1F. The van der Waals surface area contributed by atoms with Gasteiger partial charge in [0.25, 0.3) is 0 Å².